The van der Waals surface area contributed by atoms with Crippen LogP contribution in [0.25, 0.3) is 10.9 Å². The highest BCUT2D eigenvalue weighted by molar-refractivity contribution is 5.86. The molecule has 0 aliphatic carbocycles. The minimum absolute atomic E-state index is 0.118. The Morgan fingerprint density at radius 2 is 2.24 bits per heavy atom. The van der Waals surface area contributed by atoms with E-state index in [0.29, 0.717) is 12.1 Å². The molecule has 1 aromatic carbocycles. The van der Waals surface area contributed by atoms with E-state index in [2.05, 4.69) is 5.10 Å². The molecule has 1 heterocycles. The number of rotatable bonds is 3. The van der Waals surface area contributed by atoms with Gasteiger partial charge in [-0.15, -0.1) is 0 Å². The fourth-order valence-corrected chi connectivity index (χ4v) is 1.78. The molecule has 2 N–H and O–H groups in total. The summed E-state index contributed by atoms with van der Waals surface area (Å²) in [6.45, 7) is 3.80. The third-order valence-electron chi connectivity index (χ3n) is 2.88. The number of carbonyl (C=O) groups is 1. The van der Waals surface area contributed by atoms with Gasteiger partial charge in [-0.1, -0.05) is 19.1 Å². The van der Waals surface area contributed by atoms with E-state index in [4.69, 9.17) is 5.11 Å². The summed E-state index contributed by atoms with van der Waals surface area (Å²) < 4.78 is 1.63. The molecule has 0 aliphatic rings. The SMILES string of the molecule is Cc1c2cccc(O)c2nn1CC(C)C(=O)O. The standard InChI is InChI=1S/C12H14N2O3/c1-7(12(16)17)6-14-8(2)9-4-3-5-10(15)11(9)13-14/h3-5,7,15H,6H2,1-2H3,(H,16,17). The van der Waals surface area contributed by atoms with E-state index in [1.807, 2.05) is 13.0 Å². The molecule has 2 aromatic rings. The Balaban J connectivity index is 2.46. The first kappa shape index (κ1) is 11.4. The van der Waals surface area contributed by atoms with Crippen molar-refractivity contribution >= 4 is 16.9 Å². The lowest BCUT2D eigenvalue weighted by atomic mass is 10.2. The van der Waals surface area contributed by atoms with E-state index in [1.54, 1.807) is 23.7 Å². The Kier molecular flexibility index (Phi) is 2.75. The van der Waals surface area contributed by atoms with Crippen LogP contribution in [0.2, 0.25) is 0 Å². The summed E-state index contributed by atoms with van der Waals surface area (Å²) in [5.41, 5.74) is 1.38. The topological polar surface area (TPSA) is 75.4 Å². The largest absolute Gasteiger partial charge is 0.506 e. The number of carboxylic acids is 1. The van der Waals surface area contributed by atoms with Crippen molar-refractivity contribution in [2.75, 3.05) is 0 Å². The maximum absolute atomic E-state index is 10.8. The molecule has 1 unspecified atom stereocenters. The summed E-state index contributed by atoms with van der Waals surface area (Å²) in [5.74, 6) is -1.24. The second kappa shape index (κ2) is 4.08. The van der Waals surface area contributed by atoms with Crippen molar-refractivity contribution < 1.29 is 15.0 Å². The van der Waals surface area contributed by atoms with E-state index >= 15 is 0 Å². The second-order valence-corrected chi connectivity index (χ2v) is 4.18. The van der Waals surface area contributed by atoms with Gasteiger partial charge in [-0.3, -0.25) is 9.48 Å². The van der Waals surface area contributed by atoms with Crippen LogP contribution in [0.1, 0.15) is 12.6 Å². The van der Waals surface area contributed by atoms with Crippen LogP contribution >= 0.6 is 0 Å². The molecule has 0 radical (unpaired) electrons. The number of hydrogen-bond donors (Lipinski definition) is 2. The fourth-order valence-electron chi connectivity index (χ4n) is 1.78. The molecule has 0 aliphatic heterocycles. The Morgan fingerprint density at radius 3 is 2.82 bits per heavy atom. The summed E-state index contributed by atoms with van der Waals surface area (Å²) in [4.78, 5) is 10.8. The summed E-state index contributed by atoms with van der Waals surface area (Å²) in [6.07, 6.45) is 0. The van der Waals surface area contributed by atoms with Gasteiger partial charge in [0.1, 0.15) is 11.3 Å². The van der Waals surface area contributed by atoms with Gasteiger partial charge in [-0.25, -0.2) is 0 Å². The number of fused-ring (bicyclic) bond motifs is 1. The van der Waals surface area contributed by atoms with Crippen molar-refractivity contribution in [2.24, 2.45) is 5.92 Å². The van der Waals surface area contributed by atoms with E-state index in [0.717, 1.165) is 11.1 Å². The number of aromatic nitrogens is 2. The Bertz CT molecular complexity index is 574. The van der Waals surface area contributed by atoms with Crippen LogP contribution in [0, 0.1) is 12.8 Å². The van der Waals surface area contributed by atoms with E-state index in [9.17, 15) is 9.90 Å². The predicted octanol–water partition coefficient (Wildman–Crippen LogP) is 1.77. The van der Waals surface area contributed by atoms with Gasteiger partial charge in [-0.2, -0.15) is 5.10 Å². The van der Waals surface area contributed by atoms with Crippen molar-refractivity contribution in [3.05, 3.63) is 23.9 Å². The van der Waals surface area contributed by atoms with Crippen LogP contribution < -0.4 is 0 Å². The lowest BCUT2D eigenvalue weighted by Crippen LogP contribution is -2.18. The molecule has 0 saturated carbocycles. The minimum Gasteiger partial charge on any atom is -0.506 e. The Hall–Kier alpha value is -2.04. The molecule has 5 nitrogen and oxygen atoms in total. The van der Waals surface area contributed by atoms with Gasteiger partial charge in [-0.05, 0) is 13.0 Å². The van der Waals surface area contributed by atoms with Crippen LogP contribution in [-0.4, -0.2) is 26.0 Å². The Labute approximate surface area is 98.3 Å². The Morgan fingerprint density at radius 1 is 1.53 bits per heavy atom. The van der Waals surface area contributed by atoms with Crippen LogP contribution in [0.3, 0.4) is 0 Å². The zero-order chi connectivity index (χ0) is 12.6. The molecule has 2 rings (SSSR count). The lowest BCUT2D eigenvalue weighted by Gasteiger charge is -2.07. The third-order valence-corrected chi connectivity index (χ3v) is 2.88. The molecule has 0 fully saturated rings. The predicted molar refractivity (Wildman–Crippen MR) is 62.9 cm³/mol. The molecule has 1 aromatic heterocycles. The average molecular weight is 234 g/mol. The van der Waals surface area contributed by atoms with Crippen molar-refractivity contribution in [2.45, 2.75) is 20.4 Å². The molecule has 5 heteroatoms. The molecule has 17 heavy (non-hydrogen) atoms. The number of carboxylic acid groups (broad SMARTS) is 1. The number of aromatic hydroxyl groups is 1. The van der Waals surface area contributed by atoms with E-state index in [1.165, 1.54) is 0 Å². The second-order valence-electron chi connectivity index (χ2n) is 4.18. The molecule has 0 saturated heterocycles. The highest BCUT2D eigenvalue weighted by atomic mass is 16.4. The molecule has 1 atom stereocenters. The molecular weight excluding hydrogens is 220 g/mol. The molecule has 0 bridgehead atoms. The van der Waals surface area contributed by atoms with Crippen molar-refractivity contribution in [1.82, 2.24) is 9.78 Å². The smallest absolute Gasteiger partial charge is 0.308 e. The van der Waals surface area contributed by atoms with Gasteiger partial charge in [0.2, 0.25) is 0 Å². The number of hydrogen-bond acceptors (Lipinski definition) is 3. The number of nitrogens with zero attached hydrogens (tertiary/aromatic N) is 2. The summed E-state index contributed by atoms with van der Waals surface area (Å²) in [5, 5.41) is 23.6. The fraction of sp³-hybridized carbons (Fsp3) is 0.333. The zero-order valence-corrected chi connectivity index (χ0v) is 9.71. The van der Waals surface area contributed by atoms with Gasteiger partial charge in [0.25, 0.3) is 0 Å². The van der Waals surface area contributed by atoms with Gasteiger partial charge >= 0.3 is 5.97 Å². The number of aryl methyl sites for hydroxylation is 1. The molecule has 0 amide bonds. The number of benzene rings is 1. The first-order chi connectivity index (χ1) is 8.00. The van der Waals surface area contributed by atoms with Crippen LogP contribution in [0.15, 0.2) is 18.2 Å². The highest BCUT2D eigenvalue weighted by Crippen LogP contribution is 2.26. The van der Waals surface area contributed by atoms with Crippen molar-refractivity contribution in [1.29, 1.82) is 0 Å². The average Bonchev–Trinajstić information content (AvgIpc) is 2.58. The molecule has 0 spiro atoms. The van der Waals surface area contributed by atoms with Gasteiger partial charge in [0.15, 0.2) is 0 Å². The summed E-state index contributed by atoms with van der Waals surface area (Å²) >= 11 is 0. The van der Waals surface area contributed by atoms with Gasteiger partial charge in [0.05, 0.1) is 12.5 Å². The van der Waals surface area contributed by atoms with Crippen molar-refractivity contribution in [3.63, 3.8) is 0 Å². The van der Waals surface area contributed by atoms with E-state index in [-0.39, 0.29) is 5.75 Å². The number of aliphatic carboxylic acids is 1. The number of phenolic OH excluding ortho intramolecular Hbond substituents is 1. The van der Waals surface area contributed by atoms with Crippen LogP contribution in [-0.2, 0) is 11.3 Å². The monoisotopic (exact) mass is 234 g/mol. The molecular formula is C12H14N2O3. The van der Waals surface area contributed by atoms with Gasteiger partial charge in [0, 0.05) is 11.1 Å². The van der Waals surface area contributed by atoms with Gasteiger partial charge < -0.3 is 10.2 Å². The van der Waals surface area contributed by atoms with E-state index < -0.39 is 11.9 Å². The number of phenols is 1. The lowest BCUT2D eigenvalue weighted by molar-refractivity contribution is -0.141. The normalized spacial score (nSPS) is 12.8. The first-order valence-corrected chi connectivity index (χ1v) is 5.38. The van der Waals surface area contributed by atoms with Crippen molar-refractivity contribution in [3.8, 4) is 5.75 Å². The third kappa shape index (κ3) is 1.95. The molecule has 90 valence electrons. The van der Waals surface area contributed by atoms with Crippen LogP contribution in [0.4, 0.5) is 0 Å². The first-order valence-electron chi connectivity index (χ1n) is 5.38. The maximum atomic E-state index is 10.8. The summed E-state index contributed by atoms with van der Waals surface area (Å²) in [6, 6.07) is 5.18. The maximum Gasteiger partial charge on any atom is 0.308 e. The highest BCUT2D eigenvalue weighted by Gasteiger charge is 2.16. The zero-order valence-electron chi connectivity index (χ0n) is 9.71. The quantitative estimate of drug-likeness (QED) is 0.848. The minimum atomic E-state index is -0.854. The summed E-state index contributed by atoms with van der Waals surface area (Å²) in [7, 11) is 0. The van der Waals surface area contributed by atoms with Crippen LogP contribution in [0.5, 0.6) is 5.75 Å².